The topological polar surface area (TPSA) is 80.9 Å². The maximum absolute atomic E-state index is 12.5. The number of carbonyl (C=O) groups is 1. The van der Waals surface area contributed by atoms with E-state index >= 15 is 0 Å². The van der Waals surface area contributed by atoms with E-state index < -0.39 is 5.41 Å². The van der Waals surface area contributed by atoms with Crippen molar-refractivity contribution in [2.75, 3.05) is 11.1 Å². The van der Waals surface area contributed by atoms with Gasteiger partial charge in [0.2, 0.25) is 11.0 Å². The van der Waals surface area contributed by atoms with Crippen molar-refractivity contribution in [3.63, 3.8) is 0 Å². The van der Waals surface area contributed by atoms with E-state index in [1.807, 2.05) is 31.2 Å². The number of anilines is 2. The van der Waals surface area contributed by atoms with E-state index in [4.69, 9.17) is 5.73 Å². The van der Waals surface area contributed by atoms with Crippen LogP contribution in [-0.4, -0.2) is 16.1 Å². The van der Waals surface area contributed by atoms with E-state index in [1.165, 1.54) is 11.3 Å². The van der Waals surface area contributed by atoms with Gasteiger partial charge in [0.25, 0.3) is 0 Å². The van der Waals surface area contributed by atoms with Crippen molar-refractivity contribution < 1.29 is 4.79 Å². The number of nitrogens with one attached hydrogen (secondary N) is 1. The Kier molecular flexibility index (Phi) is 3.17. The molecule has 6 heteroatoms. The molecule has 0 saturated heterocycles. The van der Waals surface area contributed by atoms with Crippen molar-refractivity contribution >= 4 is 28.1 Å². The number of rotatable bonds is 4. The highest BCUT2D eigenvalue weighted by Gasteiger charge is 2.51. The molecule has 1 aromatic carbocycles. The van der Waals surface area contributed by atoms with E-state index in [-0.39, 0.29) is 5.91 Å². The highest BCUT2D eigenvalue weighted by Crippen LogP contribution is 2.49. The second kappa shape index (κ2) is 4.86. The standard InChI is InChI=1S/C14H16N4OS/c1-2-11-17-18-13(20-11)16-12(19)14(7-8-14)9-3-5-10(15)6-4-9/h3-6H,2,7-8,15H2,1H3,(H,16,18,19). The van der Waals surface area contributed by atoms with Gasteiger partial charge in [-0.25, -0.2) is 0 Å². The molecular formula is C14H16N4OS. The summed E-state index contributed by atoms with van der Waals surface area (Å²) in [5.74, 6) is 0.000995. The number of nitrogens with two attached hydrogens (primary N) is 1. The number of nitrogen functional groups attached to an aromatic ring is 1. The molecule has 1 amide bonds. The summed E-state index contributed by atoms with van der Waals surface area (Å²) in [6.45, 7) is 2.02. The molecule has 1 aliphatic carbocycles. The maximum Gasteiger partial charge on any atom is 0.236 e. The molecule has 1 aromatic heterocycles. The summed E-state index contributed by atoms with van der Waals surface area (Å²) < 4.78 is 0. The number of benzene rings is 1. The van der Waals surface area contributed by atoms with Crippen LogP contribution in [0.25, 0.3) is 0 Å². The summed E-state index contributed by atoms with van der Waals surface area (Å²) in [5, 5.41) is 12.4. The zero-order chi connectivity index (χ0) is 14.2. The van der Waals surface area contributed by atoms with E-state index in [9.17, 15) is 4.79 Å². The molecule has 1 saturated carbocycles. The summed E-state index contributed by atoms with van der Waals surface area (Å²) in [6, 6.07) is 7.53. The Labute approximate surface area is 121 Å². The molecule has 5 nitrogen and oxygen atoms in total. The molecular weight excluding hydrogens is 272 g/mol. The number of carbonyl (C=O) groups excluding carboxylic acids is 1. The van der Waals surface area contributed by atoms with Gasteiger partial charge in [0.15, 0.2) is 0 Å². The van der Waals surface area contributed by atoms with Gasteiger partial charge in [-0.2, -0.15) is 0 Å². The fourth-order valence-electron chi connectivity index (χ4n) is 2.24. The van der Waals surface area contributed by atoms with Gasteiger partial charge in [-0.3, -0.25) is 10.1 Å². The summed E-state index contributed by atoms with van der Waals surface area (Å²) in [5.41, 5.74) is 7.01. The van der Waals surface area contributed by atoms with Crippen LogP contribution in [0.2, 0.25) is 0 Å². The van der Waals surface area contributed by atoms with E-state index in [1.54, 1.807) is 0 Å². The highest BCUT2D eigenvalue weighted by molar-refractivity contribution is 7.15. The molecule has 0 spiro atoms. The first-order valence-electron chi connectivity index (χ1n) is 6.64. The van der Waals surface area contributed by atoms with Gasteiger partial charge in [-0.05, 0) is 37.0 Å². The summed E-state index contributed by atoms with van der Waals surface area (Å²) in [6.07, 6.45) is 2.56. The molecule has 1 heterocycles. The van der Waals surface area contributed by atoms with Gasteiger partial charge in [0, 0.05) is 5.69 Å². The Morgan fingerprint density at radius 3 is 2.60 bits per heavy atom. The molecule has 20 heavy (non-hydrogen) atoms. The van der Waals surface area contributed by atoms with Crippen molar-refractivity contribution in [1.82, 2.24) is 10.2 Å². The first-order chi connectivity index (χ1) is 9.64. The number of hydrogen-bond donors (Lipinski definition) is 2. The second-order valence-corrected chi connectivity index (χ2v) is 6.07. The van der Waals surface area contributed by atoms with E-state index in [0.717, 1.165) is 29.8 Å². The van der Waals surface area contributed by atoms with E-state index in [0.29, 0.717) is 10.8 Å². The summed E-state index contributed by atoms with van der Waals surface area (Å²) in [7, 11) is 0. The number of hydrogen-bond acceptors (Lipinski definition) is 5. The molecule has 3 N–H and O–H groups in total. The Morgan fingerprint density at radius 1 is 1.35 bits per heavy atom. The third-order valence-electron chi connectivity index (χ3n) is 3.64. The van der Waals surface area contributed by atoms with Crippen molar-refractivity contribution in [2.45, 2.75) is 31.6 Å². The van der Waals surface area contributed by atoms with Crippen molar-refractivity contribution in [3.05, 3.63) is 34.8 Å². The molecule has 1 fully saturated rings. The van der Waals surface area contributed by atoms with Gasteiger partial charge in [-0.15, -0.1) is 10.2 Å². The van der Waals surface area contributed by atoms with Gasteiger partial charge >= 0.3 is 0 Å². The van der Waals surface area contributed by atoms with Gasteiger partial charge in [0.05, 0.1) is 5.41 Å². The van der Waals surface area contributed by atoms with Crippen LogP contribution in [-0.2, 0) is 16.6 Å². The van der Waals surface area contributed by atoms with Crippen molar-refractivity contribution in [2.24, 2.45) is 0 Å². The number of aryl methyl sites for hydroxylation is 1. The van der Waals surface area contributed by atoms with Gasteiger partial charge < -0.3 is 5.73 Å². The average Bonchev–Trinajstić information content (AvgIpc) is 3.14. The van der Waals surface area contributed by atoms with Gasteiger partial charge in [-0.1, -0.05) is 30.4 Å². The quantitative estimate of drug-likeness (QED) is 0.846. The minimum Gasteiger partial charge on any atom is -0.399 e. The Bertz CT molecular complexity index is 631. The monoisotopic (exact) mass is 288 g/mol. The molecule has 104 valence electrons. The molecule has 1 aliphatic rings. The Hall–Kier alpha value is -1.95. The molecule has 0 atom stereocenters. The lowest BCUT2D eigenvalue weighted by atomic mass is 9.95. The van der Waals surface area contributed by atoms with Crippen LogP contribution < -0.4 is 11.1 Å². The molecule has 0 unspecified atom stereocenters. The lowest BCUT2D eigenvalue weighted by molar-refractivity contribution is -0.118. The number of aromatic nitrogens is 2. The molecule has 0 bridgehead atoms. The molecule has 0 aliphatic heterocycles. The largest absolute Gasteiger partial charge is 0.399 e. The Balaban J connectivity index is 1.77. The first-order valence-corrected chi connectivity index (χ1v) is 7.45. The first kappa shape index (κ1) is 13.1. The predicted octanol–water partition coefficient (Wildman–Crippen LogP) is 2.35. The predicted molar refractivity (Wildman–Crippen MR) is 79.7 cm³/mol. The lowest BCUT2D eigenvalue weighted by Crippen LogP contribution is -2.27. The fraction of sp³-hybridized carbons (Fsp3) is 0.357. The minimum atomic E-state index is -0.411. The van der Waals surface area contributed by atoms with Crippen LogP contribution in [0, 0.1) is 0 Å². The minimum absolute atomic E-state index is 0.000995. The third-order valence-corrected chi connectivity index (χ3v) is 4.62. The van der Waals surface area contributed by atoms with Crippen molar-refractivity contribution in [1.29, 1.82) is 0 Å². The molecule has 3 rings (SSSR count). The smallest absolute Gasteiger partial charge is 0.236 e. The Morgan fingerprint density at radius 2 is 2.05 bits per heavy atom. The van der Waals surface area contributed by atoms with Crippen LogP contribution in [0.5, 0.6) is 0 Å². The third kappa shape index (κ3) is 2.27. The highest BCUT2D eigenvalue weighted by atomic mass is 32.1. The van der Waals surface area contributed by atoms with E-state index in [2.05, 4.69) is 15.5 Å². The molecule has 0 radical (unpaired) electrons. The average molecular weight is 288 g/mol. The number of amides is 1. The van der Waals surface area contributed by atoms with Gasteiger partial charge in [0.1, 0.15) is 5.01 Å². The summed E-state index contributed by atoms with van der Waals surface area (Å²) >= 11 is 1.43. The van der Waals surface area contributed by atoms with Crippen LogP contribution in [0.15, 0.2) is 24.3 Å². The molecule has 2 aromatic rings. The SMILES string of the molecule is CCc1nnc(NC(=O)C2(c3ccc(N)cc3)CC2)s1. The van der Waals surface area contributed by atoms with Crippen LogP contribution in [0.1, 0.15) is 30.3 Å². The zero-order valence-electron chi connectivity index (χ0n) is 11.2. The van der Waals surface area contributed by atoms with Crippen LogP contribution >= 0.6 is 11.3 Å². The van der Waals surface area contributed by atoms with Crippen LogP contribution in [0.3, 0.4) is 0 Å². The lowest BCUT2D eigenvalue weighted by Gasteiger charge is -2.14. The fourth-order valence-corrected chi connectivity index (χ4v) is 2.91. The maximum atomic E-state index is 12.5. The zero-order valence-corrected chi connectivity index (χ0v) is 12.0. The van der Waals surface area contributed by atoms with Crippen LogP contribution in [0.4, 0.5) is 10.8 Å². The number of nitrogens with zero attached hydrogens (tertiary/aromatic N) is 2. The summed E-state index contributed by atoms with van der Waals surface area (Å²) in [4.78, 5) is 12.5. The normalized spacial score (nSPS) is 15.8. The second-order valence-electron chi connectivity index (χ2n) is 5.01. The van der Waals surface area contributed by atoms with Crippen molar-refractivity contribution in [3.8, 4) is 0 Å².